The molecule has 0 nitrogen and oxygen atoms in total. The first-order valence-corrected chi connectivity index (χ1v) is 5.22. The molecule has 14 heavy (non-hydrogen) atoms. The maximum Gasteiger partial charge on any atom is -0.00472 e. The van der Waals surface area contributed by atoms with Crippen molar-refractivity contribution in [3.05, 3.63) is 61.3 Å². The van der Waals surface area contributed by atoms with Crippen LogP contribution in [0.3, 0.4) is 0 Å². The third-order valence-electron chi connectivity index (χ3n) is 2.23. The molecule has 0 heteroatoms. The van der Waals surface area contributed by atoms with E-state index in [1.54, 1.807) is 0 Å². The van der Waals surface area contributed by atoms with Crippen molar-refractivity contribution in [2.24, 2.45) is 5.92 Å². The van der Waals surface area contributed by atoms with Crippen molar-refractivity contribution in [3.8, 4) is 0 Å². The Hall–Kier alpha value is -1.30. The maximum absolute atomic E-state index is 3.64. The topological polar surface area (TPSA) is 0 Å². The van der Waals surface area contributed by atoms with E-state index in [0.29, 0.717) is 5.92 Å². The Kier molecular flexibility index (Phi) is 5.49. The molecule has 0 aromatic heterocycles. The normalized spacial score (nSPS) is 16.3. The van der Waals surface area contributed by atoms with Gasteiger partial charge in [0.05, 0.1) is 0 Å². The second-order valence-corrected chi connectivity index (χ2v) is 3.41. The summed E-state index contributed by atoms with van der Waals surface area (Å²) >= 11 is 0. The minimum Gasteiger partial charge on any atom is -0.0991 e. The lowest BCUT2D eigenvalue weighted by atomic mass is 10.0. The van der Waals surface area contributed by atoms with E-state index in [4.69, 9.17) is 0 Å². The zero-order chi connectivity index (χ0) is 10.1. The van der Waals surface area contributed by atoms with E-state index in [9.17, 15) is 0 Å². The minimum absolute atomic E-state index is 0.613. The summed E-state index contributed by atoms with van der Waals surface area (Å²) in [4.78, 5) is 0. The molecule has 0 fully saturated rings. The molecule has 0 bridgehead atoms. The smallest absolute Gasteiger partial charge is 0.00472 e. The summed E-state index contributed by atoms with van der Waals surface area (Å²) in [5.74, 6) is 0.613. The van der Waals surface area contributed by atoms with Crippen LogP contribution < -0.4 is 0 Å². The lowest BCUT2D eigenvalue weighted by Crippen LogP contribution is -1.90. The Morgan fingerprint density at radius 3 is 2.43 bits per heavy atom. The molecular weight excluding hydrogens is 168 g/mol. The van der Waals surface area contributed by atoms with Crippen molar-refractivity contribution in [2.75, 3.05) is 0 Å². The first-order chi connectivity index (χ1) is 6.93. The molecule has 1 aliphatic carbocycles. The number of hydrogen-bond donors (Lipinski definition) is 0. The average molecular weight is 186 g/mol. The summed E-state index contributed by atoms with van der Waals surface area (Å²) < 4.78 is 0. The second-order valence-electron chi connectivity index (χ2n) is 3.41. The molecule has 0 spiro atoms. The van der Waals surface area contributed by atoms with Crippen LogP contribution in [0, 0.1) is 5.92 Å². The minimum atomic E-state index is 0.613. The van der Waals surface area contributed by atoms with Gasteiger partial charge in [-0.15, -0.1) is 0 Å². The van der Waals surface area contributed by atoms with Gasteiger partial charge in [0.15, 0.2) is 0 Å². The van der Waals surface area contributed by atoms with Crippen LogP contribution in [0.5, 0.6) is 0 Å². The second kappa shape index (κ2) is 7.14. The molecule has 0 saturated heterocycles. The molecule has 0 N–H and O–H groups in total. The van der Waals surface area contributed by atoms with E-state index in [2.05, 4.69) is 49.1 Å². The van der Waals surface area contributed by atoms with Gasteiger partial charge in [-0.05, 0) is 25.2 Å². The maximum atomic E-state index is 3.64. The van der Waals surface area contributed by atoms with Crippen LogP contribution in [-0.4, -0.2) is 0 Å². The highest BCUT2D eigenvalue weighted by atomic mass is 14.0. The molecule has 0 radical (unpaired) electrons. The Bertz CT molecular complexity index is 248. The molecule has 0 unspecified atom stereocenters. The van der Waals surface area contributed by atoms with E-state index in [1.807, 2.05) is 12.2 Å². The van der Waals surface area contributed by atoms with Gasteiger partial charge in [-0.1, -0.05) is 61.3 Å². The fourth-order valence-electron chi connectivity index (χ4n) is 1.46. The number of allylic oxidation sites excluding steroid dienone is 9. The summed E-state index contributed by atoms with van der Waals surface area (Å²) in [5, 5.41) is 0. The highest BCUT2D eigenvalue weighted by Gasteiger charge is 1.99. The summed E-state index contributed by atoms with van der Waals surface area (Å²) in [7, 11) is 0. The predicted molar refractivity (Wildman–Crippen MR) is 64.1 cm³/mol. The van der Waals surface area contributed by atoms with E-state index in [-0.39, 0.29) is 0 Å². The summed E-state index contributed by atoms with van der Waals surface area (Å²) in [6.07, 6.45) is 22.6. The van der Waals surface area contributed by atoms with Crippen molar-refractivity contribution in [1.82, 2.24) is 0 Å². The summed E-state index contributed by atoms with van der Waals surface area (Å²) in [5.41, 5.74) is 0. The molecule has 74 valence electrons. The first-order valence-electron chi connectivity index (χ1n) is 5.22. The monoisotopic (exact) mass is 186 g/mol. The van der Waals surface area contributed by atoms with Crippen molar-refractivity contribution >= 4 is 0 Å². The Morgan fingerprint density at radius 1 is 1.07 bits per heavy atom. The van der Waals surface area contributed by atoms with Crippen LogP contribution in [-0.2, 0) is 0 Å². The molecule has 0 saturated carbocycles. The molecule has 0 aliphatic heterocycles. The fraction of sp³-hybridized carbons (Fsp3) is 0.286. The molecule has 1 rings (SSSR count). The SMILES string of the molecule is C=C/C=C/CCCC1C=CC=CC=C1. The van der Waals surface area contributed by atoms with Crippen molar-refractivity contribution < 1.29 is 0 Å². The standard InChI is InChI=1S/C14H18/c1-2-3-4-5-8-11-14-12-9-6-7-10-13-14/h2-4,6-7,9-10,12-14H,1,5,8,11H2/b4-3+. The Labute approximate surface area is 87.0 Å². The summed E-state index contributed by atoms with van der Waals surface area (Å²) in [6.45, 7) is 3.64. The lowest BCUT2D eigenvalue weighted by molar-refractivity contribution is 0.661. The quantitative estimate of drug-likeness (QED) is 0.446. The van der Waals surface area contributed by atoms with Gasteiger partial charge >= 0.3 is 0 Å². The zero-order valence-electron chi connectivity index (χ0n) is 8.60. The van der Waals surface area contributed by atoms with Crippen LogP contribution in [0.2, 0.25) is 0 Å². The molecule has 1 aliphatic rings. The highest BCUT2D eigenvalue weighted by Crippen LogP contribution is 2.14. The fourth-order valence-corrected chi connectivity index (χ4v) is 1.46. The molecule has 0 atom stereocenters. The Balaban J connectivity index is 2.18. The van der Waals surface area contributed by atoms with Gasteiger partial charge in [0.2, 0.25) is 0 Å². The zero-order valence-corrected chi connectivity index (χ0v) is 8.60. The van der Waals surface area contributed by atoms with E-state index in [0.717, 1.165) is 6.42 Å². The van der Waals surface area contributed by atoms with E-state index in [1.165, 1.54) is 12.8 Å². The van der Waals surface area contributed by atoms with Gasteiger partial charge in [0, 0.05) is 0 Å². The van der Waals surface area contributed by atoms with E-state index < -0.39 is 0 Å². The Morgan fingerprint density at radius 2 is 1.79 bits per heavy atom. The molecule has 0 heterocycles. The largest absolute Gasteiger partial charge is 0.0991 e. The van der Waals surface area contributed by atoms with Crippen LogP contribution in [0.25, 0.3) is 0 Å². The first kappa shape index (κ1) is 10.8. The predicted octanol–water partition coefficient (Wildman–Crippen LogP) is 4.20. The molecule has 0 aromatic rings. The van der Waals surface area contributed by atoms with Crippen LogP contribution >= 0.6 is 0 Å². The molecule has 0 amide bonds. The van der Waals surface area contributed by atoms with Gasteiger partial charge in [0.25, 0.3) is 0 Å². The van der Waals surface area contributed by atoms with Gasteiger partial charge in [-0.25, -0.2) is 0 Å². The highest BCUT2D eigenvalue weighted by molar-refractivity contribution is 5.19. The van der Waals surface area contributed by atoms with Crippen LogP contribution in [0.15, 0.2) is 61.3 Å². The number of unbranched alkanes of at least 4 members (excludes halogenated alkanes) is 1. The third-order valence-corrected chi connectivity index (χ3v) is 2.23. The van der Waals surface area contributed by atoms with Crippen molar-refractivity contribution in [1.29, 1.82) is 0 Å². The van der Waals surface area contributed by atoms with Gasteiger partial charge in [-0.2, -0.15) is 0 Å². The van der Waals surface area contributed by atoms with Crippen molar-refractivity contribution in [2.45, 2.75) is 19.3 Å². The lowest BCUT2D eigenvalue weighted by Gasteiger charge is -2.04. The van der Waals surface area contributed by atoms with Gasteiger partial charge in [0.1, 0.15) is 0 Å². The average Bonchev–Trinajstić information content (AvgIpc) is 2.46. The summed E-state index contributed by atoms with van der Waals surface area (Å²) in [6, 6.07) is 0. The van der Waals surface area contributed by atoms with Crippen molar-refractivity contribution in [3.63, 3.8) is 0 Å². The van der Waals surface area contributed by atoms with Crippen LogP contribution in [0.4, 0.5) is 0 Å². The molecule has 0 aromatic carbocycles. The number of hydrogen-bond acceptors (Lipinski definition) is 0. The van der Waals surface area contributed by atoms with E-state index >= 15 is 0 Å². The number of rotatable bonds is 5. The van der Waals surface area contributed by atoms with Gasteiger partial charge in [-0.3, -0.25) is 0 Å². The molecular formula is C14H18. The van der Waals surface area contributed by atoms with Crippen LogP contribution in [0.1, 0.15) is 19.3 Å². The third kappa shape index (κ3) is 4.66. The van der Waals surface area contributed by atoms with Gasteiger partial charge < -0.3 is 0 Å².